The van der Waals surface area contributed by atoms with Gasteiger partial charge in [0.1, 0.15) is 11.4 Å². The molecule has 4 nitrogen and oxygen atoms in total. The van der Waals surface area contributed by atoms with Crippen LogP contribution in [0.25, 0.3) is 0 Å². The van der Waals surface area contributed by atoms with E-state index in [1.54, 1.807) is 7.11 Å². The molecule has 0 atom stereocenters. The first-order valence-electron chi connectivity index (χ1n) is 6.45. The summed E-state index contributed by atoms with van der Waals surface area (Å²) in [5.74, 6) is 0.495. The molecule has 1 amide bonds. The van der Waals surface area contributed by atoms with E-state index in [1.165, 1.54) is 0 Å². The fraction of sp³-hybridized carbons (Fsp3) is 0.267. The van der Waals surface area contributed by atoms with Gasteiger partial charge in [-0.1, -0.05) is 22.9 Å². The normalized spacial score (nSPS) is 10.3. The lowest BCUT2D eigenvalue weighted by Gasteiger charge is -2.12. The van der Waals surface area contributed by atoms with Gasteiger partial charge in [0.05, 0.1) is 12.8 Å². The third-order valence-corrected chi connectivity index (χ3v) is 3.43. The van der Waals surface area contributed by atoms with Crippen molar-refractivity contribution in [1.29, 1.82) is 0 Å². The Labute approximate surface area is 126 Å². The fourth-order valence-electron chi connectivity index (χ4n) is 2.02. The van der Waals surface area contributed by atoms with E-state index < -0.39 is 0 Å². The number of carbonyl (C=O) groups excluding carboxylic acids is 1. The first-order valence-corrected chi connectivity index (χ1v) is 7.25. The second-order valence-corrected chi connectivity index (χ2v) is 5.30. The molecule has 1 heterocycles. The zero-order valence-corrected chi connectivity index (χ0v) is 13.1. The Hall–Kier alpha value is -1.75. The average molecular weight is 337 g/mol. The van der Waals surface area contributed by atoms with E-state index in [-0.39, 0.29) is 5.91 Å². The van der Waals surface area contributed by atoms with Gasteiger partial charge in [-0.2, -0.15) is 0 Å². The Morgan fingerprint density at radius 2 is 2.20 bits per heavy atom. The zero-order chi connectivity index (χ0) is 14.5. The Kier molecular flexibility index (Phi) is 4.84. The highest BCUT2D eigenvalue weighted by Crippen LogP contribution is 2.28. The lowest BCUT2D eigenvalue weighted by molar-refractivity contribution is 0.101. The van der Waals surface area contributed by atoms with Crippen LogP contribution < -0.4 is 10.1 Å². The molecule has 2 aromatic rings. The summed E-state index contributed by atoms with van der Waals surface area (Å²) in [6.07, 6.45) is 2.89. The maximum atomic E-state index is 12.3. The van der Waals surface area contributed by atoms with Crippen LogP contribution in [0.1, 0.15) is 23.8 Å². The molecule has 1 N–H and O–H groups in total. The summed E-state index contributed by atoms with van der Waals surface area (Å²) in [6, 6.07) is 9.20. The first-order chi connectivity index (χ1) is 9.65. The van der Waals surface area contributed by atoms with Gasteiger partial charge in [0.2, 0.25) is 0 Å². The summed E-state index contributed by atoms with van der Waals surface area (Å²) in [4.78, 5) is 12.3. The van der Waals surface area contributed by atoms with Gasteiger partial charge in [-0.25, -0.2) is 0 Å². The number of halogens is 1. The van der Waals surface area contributed by atoms with Crippen LogP contribution in [0.3, 0.4) is 0 Å². The summed E-state index contributed by atoms with van der Waals surface area (Å²) in [6.45, 7) is 2.91. The number of amides is 1. The summed E-state index contributed by atoms with van der Waals surface area (Å²) < 4.78 is 8.08. The number of nitrogens with zero attached hydrogens (tertiary/aromatic N) is 1. The van der Waals surface area contributed by atoms with E-state index in [0.717, 1.165) is 17.4 Å². The lowest BCUT2D eigenvalue weighted by Crippen LogP contribution is -2.17. The Morgan fingerprint density at radius 3 is 2.90 bits per heavy atom. The monoisotopic (exact) mass is 336 g/mol. The highest BCUT2D eigenvalue weighted by molar-refractivity contribution is 9.10. The van der Waals surface area contributed by atoms with Gasteiger partial charge in [-0.3, -0.25) is 4.79 Å². The quantitative estimate of drug-likeness (QED) is 0.899. The van der Waals surface area contributed by atoms with Gasteiger partial charge >= 0.3 is 0 Å². The maximum Gasteiger partial charge on any atom is 0.272 e. The molecule has 0 bridgehead atoms. The SMILES string of the molecule is CCCn1cccc1C(=O)Nc1cc(Br)ccc1OC. The van der Waals surface area contributed by atoms with Crippen molar-refractivity contribution in [3.8, 4) is 5.75 Å². The first kappa shape index (κ1) is 14.7. The van der Waals surface area contributed by atoms with Crippen molar-refractivity contribution in [3.63, 3.8) is 0 Å². The average Bonchev–Trinajstić information content (AvgIpc) is 2.88. The number of rotatable bonds is 5. The molecule has 0 aliphatic heterocycles. The number of carbonyl (C=O) groups is 1. The minimum atomic E-state index is -0.139. The molecule has 0 unspecified atom stereocenters. The third-order valence-electron chi connectivity index (χ3n) is 2.94. The smallest absolute Gasteiger partial charge is 0.272 e. The summed E-state index contributed by atoms with van der Waals surface area (Å²) in [7, 11) is 1.58. The summed E-state index contributed by atoms with van der Waals surface area (Å²) in [5.41, 5.74) is 1.30. The molecule has 0 radical (unpaired) electrons. The van der Waals surface area contributed by atoms with Crippen LogP contribution in [0.15, 0.2) is 41.0 Å². The van der Waals surface area contributed by atoms with Crippen molar-refractivity contribution in [1.82, 2.24) is 4.57 Å². The number of methoxy groups -OCH3 is 1. The van der Waals surface area contributed by atoms with Crippen LogP contribution in [-0.2, 0) is 6.54 Å². The van der Waals surface area contributed by atoms with Crippen molar-refractivity contribution in [2.24, 2.45) is 0 Å². The fourth-order valence-corrected chi connectivity index (χ4v) is 2.38. The van der Waals surface area contributed by atoms with Crippen molar-refractivity contribution < 1.29 is 9.53 Å². The third kappa shape index (κ3) is 3.22. The van der Waals surface area contributed by atoms with Crippen LogP contribution in [0.2, 0.25) is 0 Å². The molecule has 106 valence electrons. The Bertz CT molecular complexity index is 608. The number of nitrogens with one attached hydrogen (secondary N) is 1. The van der Waals surface area contributed by atoms with Gasteiger partial charge in [0.15, 0.2) is 0 Å². The zero-order valence-electron chi connectivity index (χ0n) is 11.5. The van der Waals surface area contributed by atoms with Gasteiger partial charge in [0, 0.05) is 17.2 Å². The molecule has 0 saturated carbocycles. The van der Waals surface area contributed by atoms with Gasteiger partial charge in [-0.05, 0) is 36.8 Å². The predicted octanol–water partition coefficient (Wildman–Crippen LogP) is 3.92. The summed E-state index contributed by atoms with van der Waals surface area (Å²) >= 11 is 3.39. The second-order valence-electron chi connectivity index (χ2n) is 4.39. The molecule has 0 saturated heterocycles. The van der Waals surface area contributed by atoms with Gasteiger partial charge in [0.25, 0.3) is 5.91 Å². The van der Waals surface area contributed by atoms with E-state index in [0.29, 0.717) is 17.1 Å². The van der Waals surface area contributed by atoms with E-state index >= 15 is 0 Å². The van der Waals surface area contributed by atoms with E-state index in [2.05, 4.69) is 28.2 Å². The number of hydrogen-bond donors (Lipinski definition) is 1. The molecular weight excluding hydrogens is 320 g/mol. The number of aryl methyl sites for hydroxylation is 1. The topological polar surface area (TPSA) is 43.3 Å². The van der Waals surface area contributed by atoms with Crippen LogP contribution in [0, 0.1) is 0 Å². The standard InChI is InChI=1S/C15H17BrN2O2/c1-3-8-18-9-4-5-13(18)15(19)17-12-10-11(16)6-7-14(12)20-2/h4-7,9-10H,3,8H2,1-2H3,(H,17,19). The predicted molar refractivity (Wildman–Crippen MR) is 83.4 cm³/mol. The molecule has 2 rings (SSSR count). The molecule has 20 heavy (non-hydrogen) atoms. The van der Waals surface area contributed by atoms with Crippen LogP contribution in [-0.4, -0.2) is 17.6 Å². The Morgan fingerprint density at radius 1 is 1.40 bits per heavy atom. The van der Waals surface area contributed by atoms with Crippen molar-refractivity contribution in [2.45, 2.75) is 19.9 Å². The van der Waals surface area contributed by atoms with Gasteiger partial charge < -0.3 is 14.6 Å². The Balaban J connectivity index is 2.23. The minimum absolute atomic E-state index is 0.139. The summed E-state index contributed by atoms with van der Waals surface area (Å²) in [5, 5.41) is 2.89. The molecule has 0 spiro atoms. The molecule has 5 heteroatoms. The van der Waals surface area contributed by atoms with Crippen molar-refractivity contribution >= 4 is 27.5 Å². The number of aromatic nitrogens is 1. The molecule has 1 aromatic heterocycles. The largest absolute Gasteiger partial charge is 0.495 e. The molecule has 1 aromatic carbocycles. The van der Waals surface area contributed by atoms with E-state index in [4.69, 9.17) is 4.74 Å². The van der Waals surface area contributed by atoms with E-state index in [9.17, 15) is 4.79 Å². The molecule has 0 aliphatic rings. The maximum absolute atomic E-state index is 12.3. The van der Waals surface area contributed by atoms with Crippen molar-refractivity contribution in [2.75, 3.05) is 12.4 Å². The van der Waals surface area contributed by atoms with Crippen LogP contribution in [0.4, 0.5) is 5.69 Å². The molecular formula is C15H17BrN2O2. The number of hydrogen-bond acceptors (Lipinski definition) is 2. The highest BCUT2D eigenvalue weighted by atomic mass is 79.9. The highest BCUT2D eigenvalue weighted by Gasteiger charge is 2.13. The number of benzene rings is 1. The second kappa shape index (κ2) is 6.61. The number of anilines is 1. The van der Waals surface area contributed by atoms with E-state index in [1.807, 2.05) is 41.1 Å². The molecule has 0 fully saturated rings. The number of ether oxygens (including phenoxy) is 1. The minimum Gasteiger partial charge on any atom is -0.495 e. The van der Waals surface area contributed by atoms with Crippen LogP contribution >= 0.6 is 15.9 Å². The van der Waals surface area contributed by atoms with Crippen LogP contribution in [0.5, 0.6) is 5.75 Å². The van der Waals surface area contributed by atoms with Gasteiger partial charge in [-0.15, -0.1) is 0 Å². The van der Waals surface area contributed by atoms with Crippen molar-refractivity contribution in [3.05, 3.63) is 46.7 Å². The molecule has 0 aliphatic carbocycles. The lowest BCUT2D eigenvalue weighted by atomic mass is 10.2.